The van der Waals surface area contributed by atoms with Gasteiger partial charge in [0.05, 0.1) is 13.7 Å². The molecule has 3 rings (SSSR count). The zero-order chi connectivity index (χ0) is 14.1. The zero-order valence-corrected chi connectivity index (χ0v) is 12.6. The quantitative estimate of drug-likeness (QED) is 0.781. The summed E-state index contributed by atoms with van der Waals surface area (Å²) in [5.74, 6) is 1.13. The Labute approximate surface area is 125 Å². The second-order valence-electron chi connectivity index (χ2n) is 4.66. The Morgan fingerprint density at radius 3 is 2.60 bits per heavy atom. The summed E-state index contributed by atoms with van der Waals surface area (Å²) in [6, 6.07) is 13.7. The Hall–Kier alpha value is -1.94. The molecule has 0 bridgehead atoms. The molecule has 4 heteroatoms. The van der Waals surface area contributed by atoms with Crippen molar-refractivity contribution in [3.8, 4) is 11.6 Å². The number of hydrogen-bond acceptors (Lipinski definition) is 2. The maximum atomic E-state index is 10.3. The summed E-state index contributed by atoms with van der Waals surface area (Å²) in [5, 5.41) is 12.1. The van der Waals surface area contributed by atoms with E-state index in [0.717, 1.165) is 26.6 Å². The maximum Gasteiger partial charge on any atom is 0.199 e. The maximum absolute atomic E-state index is 10.3. The summed E-state index contributed by atoms with van der Waals surface area (Å²) >= 11 is 3.44. The van der Waals surface area contributed by atoms with E-state index in [1.165, 1.54) is 0 Å². The van der Waals surface area contributed by atoms with Crippen LogP contribution in [0.15, 0.2) is 53.1 Å². The fourth-order valence-electron chi connectivity index (χ4n) is 2.28. The molecule has 3 aromatic rings. The molecule has 0 saturated carbocycles. The number of nitrogens with zero attached hydrogens (tertiary/aromatic N) is 1. The predicted molar refractivity (Wildman–Crippen MR) is 83.4 cm³/mol. The molecule has 1 N–H and O–H groups in total. The van der Waals surface area contributed by atoms with Gasteiger partial charge in [-0.2, -0.15) is 0 Å². The minimum absolute atomic E-state index is 0.295. The van der Waals surface area contributed by atoms with Crippen molar-refractivity contribution < 1.29 is 9.84 Å². The molecule has 3 nitrogen and oxygen atoms in total. The molecule has 20 heavy (non-hydrogen) atoms. The molecule has 0 radical (unpaired) electrons. The Morgan fingerprint density at radius 2 is 1.90 bits per heavy atom. The van der Waals surface area contributed by atoms with Crippen LogP contribution >= 0.6 is 15.9 Å². The lowest BCUT2D eigenvalue weighted by molar-refractivity contribution is 0.414. The molecule has 1 aromatic heterocycles. The molecule has 1 heterocycles. The molecule has 102 valence electrons. The van der Waals surface area contributed by atoms with Gasteiger partial charge in [-0.15, -0.1) is 0 Å². The first kappa shape index (κ1) is 13.1. The number of aromatic nitrogens is 1. The summed E-state index contributed by atoms with van der Waals surface area (Å²) < 4.78 is 8.00. The molecular formula is C16H14BrNO2. The van der Waals surface area contributed by atoms with Crippen LogP contribution in [0.4, 0.5) is 0 Å². The summed E-state index contributed by atoms with van der Waals surface area (Å²) in [5.41, 5.74) is 1.11. The predicted octanol–water partition coefficient (Wildman–Crippen LogP) is 4.17. The third-order valence-corrected chi connectivity index (χ3v) is 3.83. The smallest absolute Gasteiger partial charge is 0.199 e. The van der Waals surface area contributed by atoms with Gasteiger partial charge in [0.2, 0.25) is 0 Å². The van der Waals surface area contributed by atoms with Crippen molar-refractivity contribution in [2.24, 2.45) is 0 Å². The Bertz CT molecular complexity index is 747. The number of methoxy groups -OCH3 is 1. The van der Waals surface area contributed by atoms with Gasteiger partial charge < -0.3 is 14.4 Å². The Morgan fingerprint density at radius 1 is 1.15 bits per heavy atom. The normalized spacial score (nSPS) is 10.9. The van der Waals surface area contributed by atoms with Gasteiger partial charge in [-0.3, -0.25) is 0 Å². The monoisotopic (exact) mass is 331 g/mol. The molecule has 0 aliphatic rings. The van der Waals surface area contributed by atoms with Crippen molar-refractivity contribution in [3.05, 3.63) is 58.7 Å². The minimum Gasteiger partial charge on any atom is -0.497 e. The molecule has 0 amide bonds. The van der Waals surface area contributed by atoms with Crippen LogP contribution in [0.5, 0.6) is 11.6 Å². The van der Waals surface area contributed by atoms with Crippen molar-refractivity contribution in [2.45, 2.75) is 6.54 Å². The van der Waals surface area contributed by atoms with Gasteiger partial charge in [-0.25, -0.2) is 0 Å². The van der Waals surface area contributed by atoms with E-state index in [0.29, 0.717) is 12.4 Å². The Kier molecular flexibility index (Phi) is 3.40. The lowest BCUT2D eigenvalue weighted by Gasteiger charge is -2.06. The highest BCUT2D eigenvalue weighted by Gasteiger charge is 2.08. The van der Waals surface area contributed by atoms with E-state index in [1.807, 2.05) is 53.2 Å². The second-order valence-corrected chi connectivity index (χ2v) is 5.58. The van der Waals surface area contributed by atoms with E-state index in [4.69, 9.17) is 4.74 Å². The fourth-order valence-corrected chi connectivity index (χ4v) is 2.65. The van der Waals surface area contributed by atoms with Crippen LogP contribution in [0.2, 0.25) is 0 Å². The molecule has 0 spiro atoms. The molecule has 0 atom stereocenters. The van der Waals surface area contributed by atoms with Crippen LogP contribution in [0, 0.1) is 0 Å². The van der Waals surface area contributed by atoms with Crippen LogP contribution in [0.3, 0.4) is 0 Å². The van der Waals surface area contributed by atoms with Crippen molar-refractivity contribution in [1.29, 1.82) is 0 Å². The lowest BCUT2D eigenvalue weighted by Crippen LogP contribution is -1.97. The molecule has 0 aliphatic carbocycles. The first-order valence-electron chi connectivity index (χ1n) is 6.27. The summed E-state index contributed by atoms with van der Waals surface area (Å²) in [6.45, 7) is 0.627. The number of aromatic hydroxyl groups is 1. The molecule has 0 saturated heterocycles. The third kappa shape index (κ3) is 2.39. The zero-order valence-electron chi connectivity index (χ0n) is 11.0. The third-order valence-electron chi connectivity index (χ3n) is 3.33. The molecular weight excluding hydrogens is 318 g/mol. The van der Waals surface area contributed by atoms with Gasteiger partial charge in [-0.1, -0.05) is 28.1 Å². The van der Waals surface area contributed by atoms with Gasteiger partial charge in [-0.05, 0) is 35.9 Å². The number of halogens is 1. The summed E-state index contributed by atoms with van der Waals surface area (Å²) in [6.07, 6.45) is 1.96. The highest BCUT2D eigenvalue weighted by atomic mass is 79.9. The average Bonchev–Trinajstić information content (AvgIpc) is 2.75. The van der Waals surface area contributed by atoms with Gasteiger partial charge in [0, 0.05) is 21.4 Å². The van der Waals surface area contributed by atoms with Gasteiger partial charge in [0.15, 0.2) is 5.88 Å². The van der Waals surface area contributed by atoms with Crippen molar-refractivity contribution >= 4 is 26.7 Å². The van der Waals surface area contributed by atoms with E-state index < -0.39 is 0 Å². The summed E-state index contributed by atoms with van der Waals surface area (Å²) in [7, 11) is 1.65. The van der Waals surface area contributed by atoms with Crippen molar-refractivity contribution in [2.75, 3.05) is 7.11 Å². The number of ether oxygens (including phenoxy) is 1. The van der Waals surface area contributed by atoms with Gasteiger partial charge in [0.25, 0.3) is 0 Å². The second kappa shape index (κ2) is 5.21. The molecule has 0 fully saturated rings. The van der Waals surface area contributed by atoms with Crippen LogP contribution < -0.4 is 4.74 Å². The van der Waals surface area contributed by atoms with Crippen molar-refractivity contribution in [3.63, 3.8) is 0 Å². The minimum atomic E-state index is 0.295. The lowest BCUT2D eigenvalue weighted by atomic mass is 10.2. The highest BCUT2D eigenvalue weighted by Crippen LogP contribution is 2.30. The largest absolute Gasteiger partial charge is 0.497 e. The van der Waals surface area contributed by atoms with Crippen molar-refractivity contribution in [1.82, 2.24) is 4.57 Å². The number of hydrogen-bond donors (Lipinski definition) is 1. The van der Waals surface area contributed by atoms with Gasteiger partial charge in [0.1, 0.15) is 5.75 Å². The van der Waals surface area contributed by atoms with Crippen LogP contribution in [-0.2, 0) is 6.54 Å². The number of rotatable bonds is 3. The first-order chi connectivity index (χ1) is 9.67. The first-order valence-corrected chi connectivity index (χ1v) is 7.07. The van der Waals surface area contributed by atoms with Crippen LogP contribution in [-0.4, -0.2) is 16.8 Å². The SMILES string of the molecule is COc1ccc(Cn2cc3cc(Br)ccc3c2O)cc1. The van der Waals surface area contributed by atoms with E-state index in [1.54, 1.807) is 7.11 Å². The Balaban J connectivity index is 1.95. The van der Waals surface area contributed by atoms with Gasteiger partial charge >= 0.3 is 0 Å². The van der Waals surface area contributed by atoms with E-state index in [9.17, 15) is 5.11 Å². The summed E-state index contributed by atoms with van der Waals surface area (Å²) in [4.78, 5) is 0. The van der Waals surface area contributed by atoms with E-state index in [-0.39, 0.29) is 0 Å². The molecule has 2 aromatic carbocycles. The van der Waals surface area contributed by atoms with Crippen LogP contribution in [0.1, 0.15) is 5.56 Å². The highest BCUT2D eigenvalue weighted by molar-refractivity contribution is 9.10. The van der Waals surface area contributed by atoms with E-state index in [2.05, 4.69) is 15.9 Å². The number of fused-ring (bicyclic) bond motifs is 1. The molecule has 0 aliphatic heterocycles. The topological polar surface area (TPSA) is 34.4 Å². The number of benzene rings is 2. The molecule has 0 unspecified atom stereocenters. The van der Waals surface area contributed by atoms with E-state index >= 15 is 0 Å². The fraction of sp³-hybridized carbons (Fsp3) is 0.125. The average molecular weight is 332 g/mol. The van der Waals surface area contributed by atoms with Crippen LogP contribution in [0.25, 0.3) is 10.8 Å². The standard InChI is InChI=1S/C16H14BrNO2/c1-20-14-5-2-11(3-6-14)9-18-10-12-8-13(17)4-7-15(12)16(18)19/h2-8,10,19H,9H2,1H3.